The quantitative estimate of drug-likeness (QED) is 0.363. The van der Waals surface area contributed by atoms with Gasteiger partial charge in [-0.25, -0.2) is 14.1 Å². The highest BCUT2D eigenvalue weighted by Crippen LogP contribution is 2.37. The fourth-order valence-electron chi connectivity index (χ4n) is 3.76. The number of fused-ring (bicyclic) bond motifs is 1. The minimum absolute atomic E-state index is 0.284. The normalized spacial score (nSPS) is 10.9. The Morgan fingerprint density at radius 1 is 0.971 bits per heavy atom. The van der Waals surface area contributed by atoms with Crippen LogP contribution in [-0.2, 0) is 6.54 Å². The number of ether oxygens (including phenoxy) is 2. The monoisotopic (exact) mass is 471 g/mol. The van der Waals surface area contributed by atoms with Crippen LogP contribution < -0.4 is 20.5 Å². The number of nitrogens with zero attached hydrogens (tertiary/aromatic N) is 5. The van der Waals surface area contributed by atoms with E-state index in [4.69, 9.17) is 20.2 Å². The number of halogens is 1. The molecule has 3 heterocycles. The van der Waals surface area contributed by atoms with E-state index in [1.165, 1.54) is 16.8 Å². The molecule has 2 aromatic carbocycles. The number of methoxy groups -OCH3 is 2. The molecule has 5 rings (SSSR count). The molecule has 0 fully saturated rings. The van der Waals surface area contributed by atoms with Gasteiger partial charge in [-0.1, -0.05) is 12.1 Å². The number of nitrogens with one attached hydrogen (secondary N) is 1. The number of benzene rings is 2. The zero-order chi connectivity index (χ0) is 24.4. The number of hydrogen-bond donors (Lipinski definition) is 2. The summed E-state index contributed by atoms with van der Waals surface area (Å²) in [6, 6.07) is 17.1. The Labute approximate surface area is 200 Å². The van der Waals surface area contributed by atoms with Gasteiger partial charge >= 0.3 is 0 Å². The van der Waals surface area contributed by atoms with E-state index < -0.39 is 5.82 Å². The summed E-state index contributed by atoms with van der Waals surface area (Å²) < 4.78 is 26.2. The molecule has 0 aliphatic carbocycles. The molecule has 0 amide bonds. The van der Waals surface area contributed by atoms with Crippen LogP contribution in [0.1, 0.15) is 5.69 Å². The van der Waals surface area contributed by atoms with Crippen molar-refractivity contribution in [2.24, 2.45) is 0 Å². The highest BCUT2D eigenvalue weighted by Gasteiger charge is 2.20. The van der Waals surface area contributed by atoms with Crippen LogP contribution in [0, 0.1) is 5.82 Å². The van der Waals surface area contributed by atoms with Crippen LogP contribution in [0.2, 0.25) is 0 Å². The van der Waals surface area contributed by atoms with Crippen molar-refractivity contribution in [2.75, 3.05) is 25.3 Å². The average molecular weight is 471 g/mol. The molecule has 0 aliphatic heterocycles. The van der Waals surface area contributed by atoms with Crippen molar-refractivity contribution in [1.82, 2.24) is 24.7 Å². The van der Waals surface area contributed by atoms with Gasteiger partial charge in [0.2, 0.25) is 5.95 Å². The van der Waals surface area contributed by atoms with Crippen molar-refractivity contribution in [3.63, 3.8) is 0 Å². The summed E-state index contributed by atoms with van der Waals surface area (Å²) in [7, 11) is 3.13. The van der Waals surface area contributed by atoms with Crippen LogP contribution >= 0.6 is 0 Å². The van der Waals surface area contributed by atoms with Crippen molar-refractivity contribution < 1.29 is 13.9 Å². The van der Waals surface area contributed by atoms with Crippen molar-refractivity contribution in [3.05, 3.63) is 78.4 Å². The molecule has 0 saturated carbocycles. The summed E-state index contributed by atoms with van der Waals surface area (Å²) in [6.45, 7) is 0.414. The van der Waals surface area contributed by atoms with Gasteiger partial charge in [-0.05, 0) is 48.5 Å². The molecule has 0 bridgehead atoms. The fourth-order valence-corrected chi connectivity index (χ4v) is 3.76. The maximum absolute atomic E-state index is 13.9. The lowest BCUT2D eigenvalue weighted by Gasteiger charge is -2.11. The highest BCUT2D eigenvalue weighted by molar-refractivity contribution is 5.99. The van der Waals surface area contributed by atoms with Gasteiger partial charge in [0.15, 0.2) is 17.1 Å². The number of nitrogens with two attached hydrogens (primary N) is 1. The predicted molar refractivity (Wildman–Crippen MR) is 131 cm³/mol. The second kappa shape index (κ2) is 9.26. The van der Waals surface area contributed by atoms with Crippen LogP contribution in [0.5, 0.6) is 11.5 Å². The molecule has 0 spiro atoms. The zero-order valence-electron chi connectivity index (χ0n) is 19.1. The third-order valence-corrected chi connectivity index (χ3v) is 5.43. The lowest BCUT2D eigenvalue weighted by Crippen LogP contribution is -2.06. The Kier molecular flexibility index (Phi) is 5.84. The Balaban J connectivity index is 1.67. The lowest BCUT2D eigenvalue weighted by atomic mass is 10.1. The summed E-state index contributed by atoms with van der Waals surface area (Å²) in [5, 5.41) is 8.30. The Hall–Kier alpha value is -4.73. The molecule has 176 valence electrons. The van der Waals surface area contributed by atoms with Crippen molar-refractivity contribution >= 4 is 22.8 Å². The molecule has 35 heavy (non-hydrogen) atoms. The predicted octanol–water partition coefficient (Wildman–Crippen LogP) is 4.23. The number of anilines is 2. The van der Waals surface area contributed by atoms with Gasteiger partial charge in [0.25, 0.3) is 0 Å². The van der Waals surface area contributed by atoms with E-state index in [0.29, 0.717) is 46.4 Å². The van der Waals surface area contributed by atoms with Crippen LogP contribution in [0.3, 0.4) is 0 Å². The molecule has 10 heteroatoms. The van der Waals surface area contributed by atoms with Gasteiger partial charge in [0.1, 0.15) is 11.6 Å². The standard InChI is InChI=1S/C25H22FN7O2/c1-34-19-10-9-15(12-20(19)35-2)22-21-23(27)33(18-8-5-6-16(26)13-18)32-24(21)31-25(30-22)29-14-17-7-3-4-11-28-17/h3-13H,14,27H2,1-2H3,(H,29,31,32). The van der Waals surface area contributed by atoms with Crippen molar-refractivity contribution in [3.8, 4) is 28.4 Å². The molecule has 5 aromatic rings. The molecule has 0 aliphatic rings. The third-order valence-electron chi connectivity index (χ3n) is 5.43. The van der Waals surface area contributed by atoms with E-state index in [2.05, 4.69) is 20.4 Å². The molecule has 0 saturated heterocycles. The molecule has 3 N–H and O–H groups in total. The van der Waals surface area contributed by atoms with Crippen molar-refractivity contribution in [2.45, 2.75) is 6.54 Å². The van der Waals surface area contributed by atoms with Crippen LogP contribution in [0.4, 0.5) is 16.2 Å². The summed E-state index contributed by atoms with van der Waals surface area (Å²) in [6.07, 6.45) is 1.72. The van der Waals surface area contributed by atoms with E-state index in [0.717, 1.165) is 11.3 Å². The Bertz CT molecular complexity index is 1510. The average Bonchev–Trinajstić information content (AvgIpc) is 3.23. The maximum Gasteiger partial charge on any atom is 0.225 e. The lowest BCUT2D eigenvalue weighted by molar-refractivity contribution is 0.355. The largest absolute Gasteiger partial charge is 0.493 e. The van der Waals surface area contributed by atoms with Crippen LogP contribution in [-0.4, -0.2) is 39.0 Å². The van der Waals surface area contributed by atoms with Gasteiger partial charge in [0, 0.05) is 11.8 Å². The molecule has 9 nitrogen and oxygen atoms in total. The zero-order valence-corrected chi connectivity index (χ0v) is 19.1. The van der Waals surface area contributed by atoms with E-state index in [1.54, 1.807) is 38.6 Å². The van der Waals surface area contributed by atoms with Gasteiger partial charge in [-0.15, -0.1) is 5.10 Å². The minimum Gasteiger partial charge on any atom is -0.493 e. The molecule has 0 unspecified atom stereocenters. The number of pyridine rings is 1. The SMILES string of the molecule is COc1ccc(-c2nc(NCc3ccccn3)nc3nn(-c4cccc(F)c4)c(N)c23)cc1OC. The van der Waals surface area contributed by atoms with Gasteiger partial charge in [-0.3, -0.25) is 4.98 Å². The Morgan fingerprint density at radius 2 is 1.83 bits per heavy atom. The number of hydrogen-bond acceptors (Lipinski definition) is 8. The number of rotatable bonds is 7. The third kappa shape index (κ3) is 4.29. The molecule has 0 radical (unpaired) electrons. The van der Waals surface area contributed by atoms with E-state index >= 15 is 0 Å². The smallest absolute Gasteiger partial charge is 0.225 e. The molecular weight excluding hydrogens is 449 g/mol. The summed E-state index contributed by atoms with van der Waals surface area (Å²) >= 11 is 0. The maximum atomic E-state index is 13.9. The van der Waals surface area contributed by atoms with Crippen LogP contribution in [0.15, 0.2) is 66.9 Å². The second-order valence-electron chi connectivity index (χ2n) is 7.62. The minimum atomic E-state index is -0.398. The first-order valence-electron chi connectivity index (χ1n) is 10.8. The molecule has 0 atom stereocenters. The molecule has 3 aromatic heterocycles. The first kappa shape index (κ1) is 22.1. The number of aromatic nitrogens is 5. The summed E-state index contributed by atoms with van der Waals surface area (Å²) in [4.78, 5) is 13.6. The topological polar surface area (TPSA) is 113 Å². The number of nitrogen functional groups attached to an aromatic ring is 1. The van der Waals surface area contributed by atoms with Gasteiger partial charge < -0.3 is 20.5 Å². The Morgan fingerprint density at radius 3 is 2.57 bits per heavy atom. The van der Waals surface area contributed by atoms with Gasteiger partial charge in [-0.2, -0.15) is 4.98 Å². The second-order valence-corrected chi connectivity index (χ2v) is 7.62. The molecular formula is C25H22FN7O2. The van der Waals surface area contributed by atoms with Gasteiger partial charge in [0.05, 0.1) is 43.2 Å². The van der Waals surface area contributed by atoms with E-state index in [1.807, 2.05) is 30.3 Å². The van der Waals surface area contributed by atoms with Crippen molar-refractivity contribution in [1.29, 1.82) is 0 Å². The van der Waals surface area contributed by atoms with Crippen LogP contribution in [0.25, 0.3) is 28.0 Å². The fraction of sp³-hybridized carbons (Fsp3) is 0.120. The van der Waals surface area contributed by atoms with E-state index in [9.17, 15) is 4.39 Å². The summed E-state index contributed by atoms with van der Waals surface area (Å²) in [5.74, 6) is 1.35. The first-order valence-corrected chi connectivity index (χ1v) is 10.8. The van der Waals surface area contributed by atoms with E-state index in [-0.39, 0.29) is 5.82 Å². The summed E-state index contributed by atoms with van der Waals surface area (Å²) in [5.41, 5.74) is 9.44. The highest BCUT2D eigenvalue weighted by atomic mass is 19.1. The first-order chi connectivity index (χ1) is 17.1.